The van der Waals surface area contributed by atoms with Crippen molar-refractivity contribution in [2.45, 2.75) is 33.6 Å². The molecule has 0 aliphatic rings. The van der Waals surface area contributed by atoms with Crippen LogP contribution in [0.5, 0.6) is 0 Å². The van der Waals surface area contributed by atoms with Crippen LogP contribution in [0.3, 0.4) is 0 Å². The summed E-state index contributed by atoms with van der Waals surface area (Å²) in [6.07, 6.45) is 3.04. The van der Waals surface area contributed by atoms with Crippen LogP contribution in [0.4, 0.5) is 0 Å². The Morgan fingerprint density at radius 3 is 2.54 bits per heavy atom. The fourth-order valence-electron chi connectivity index (χ4n) is 1.01. The van der Waals surface area contributed by atoms with E-state index >= 15 is 0 Å². The van der Waals surface area contributed by atoms with Crippen molar-refractivity contribution >= 4 is 12.0 Å². The van der Waals surface area contributed by atoms with Crippen LogP contribution in [-0.2, 0) is 4.79 Å². The quantitative estimate of drug-likeness (QED) is 0.352. The molecule has 2 nitrogen and oxygen atoms in total. The molecule has 0 spiro atoms. The summed E-state index contributed by atoms with van der Waals surface area (Å²) < 4.78 is 0. The zero-order valence-electron chi connectivity index (χ0n) is 8.84. The third kappa shape index (κ3) is 5.34. The van der Waals surface area contributed by atoms with Gasteiger partial charge in [0, 0.05) is 5.71 Å². The summed E-state index contributed by atoms with van der Waals surface area (Å²) in [7, 11) is 0. The third-order valence-electron chi connectivity index (χ3n) is 1.97. The highest BCUT2D eigenvalue weighted by Crippen LogP contribution is 2.05. The molecule has 0 amide bonds. The van der Waals surface area contributed by atoms with Gasteiger partial charge in [-0.15, -0.1) is 0 Å². The van der Waals surface area contributed by atoms with Gasteiger partial charge >= 0.3 is 0 Å². The Morgan fingerprint density at radius 1 is 1.54 bits per heavy atom. The minimum absolute atomic E-state index is 0.105. The lowest BCUT2D eigenvalue weighted by Gasteiger charge is -2.06. The van der Waals surface area contributed by atoms with E-state index in [0.29, 0.717) is 6.54 Å². The van der Waals surface area contributed by atoms with Crippen LogP contribution in [0.1, 0.15) is 33.6 Å². The minimum atomic E-state index is -0.105. The summed E-state index contributed by atoms with van der Waals surface area (Å²) in [4.78, 5) is 14.9. The first-order valence-electron chi connectivity index (χ1n) is 4.72. The summed E-state index contributed by atoms with van der Waals surface area (Å²) in [6.45, 7) is 10.3. The molecule has 0 saturated carbocycles. The zero-order chi connectivity index (χ0) is 10.3. The largest absolute Gasteiger partial charge is 0.303 e. The van der Waals surface area contributed by atoms with Gasteiger partial charge in [0.1, 0.15) is 6.29 Å². The molecule has 1 unspecified atom stereocenters. The summed E-state index contributed by atoms with van der Waals surface area (Å²) >= 11 is 0. The highest BCUT2D eigenvalue weighted by molar-refractivity contribution is 5.82. The van der Waals surface area contributed by atoms with E-state index in [2.05, 4.69) is 18.5 Å². The predicted octanol–water partition coefficient (Wildman–Crippen LogP) is 2.64. The minimum Gasteiger partial charge on any atom is -0.303 e. The lowest BCUT2D eigenvalue weighted by molar-refractivity contribution is -0.109. The van der Waals surface area contributed by atoms with Crippen LogP contribution >= 0.6 is 0 Å². The van der Waals surface area contributed by atoms with Gasteiger partial charge in [-0.05, 0) is 20.3 Å². The maximum Gasteiger partial charge on any atom is 0.128 e. The van der Waals surface area contributed by atoms with Crippen molar-refractivity contribution in [3.05, 3.63) is 12.2 Å². The molecule has 0 saturated heterocycles. The number of nitrogens with zero attached hydrogens (tertiary/aromatic N) is 1. The van der Waals surface area contributed by atoms with Crippen LogP contribution in [0.15, 0.2) is 17.1 Å². The molecule has 13 heavy (non-hydrogen) atoms. The lowest BCUT2D eigenvalue weighted by Crippen LogP contribution is -2.08. The van der Waals surface area contributed by atoms with Crippen molar-refractivity contribution in [3.8, 4) is 0 Å². The molecule has 74 valence electrons. The van der Waals surface area contributed by atoms with E-state index in [4.69, 9.17) is 0 Å². The van der Waals surface area contributed by atoms with E-state index in [9.17, 15) is 4.79 Å². The van der Waals surface area contributed by atoms with Gasteiger partial charge in [-0.25, -0.2) is 0 Å². The molecule has 0 heterocycles. The Bertz CT molecular complexity index is 206. The fraction of sp³-hybridized carbons (Fsp3) is 0.636. The van der Waals surface area contributed by atoms with Crippen molar-refractivity contribution in [1.29, 1.82) is 0 Å². The summed E-state index contributed by atoms with van der Waals surface area (Å²) in [5.74, 6) is -0.105. The predicted molar refractivity (Wildman–Crippen MR) is 57.3 cm³/mol. The highest BCUT2D eigenvalue weighted by Gasteiger charge is 2.05. The van der Waals surface area contributed by atoms with E-state index in [0.717, 1.165) is 30.4 Å². The molecule has 0 N–H and O–H groups in total. The number of hydrogen-bond donors (Lipinski definition) is 0. The molecule has 2 heteroatoms. The normalized spacial score (nSPS) is 13.9. The number of aldehydes is 1. The monoisotopic (exact) mass is 181 g/mol. The molecule has 0 aromatic carbocycles. The molecule has 0 radical (unpaired) electrons. The molecule has 0 aliphatic carbocycles. The second-order valence-electron chi connectivity index (χ2n) is 3.41. The smallest absolute Gasteiger partial charge is 0.128 e. The lowest BCUT2D eigenvalue weighted by atomic mass is 10.0. The molecular formula is C11H19NO. The topological polar surface area (TPSA) is 29.4 Å². The molecule has 0 bridgehead atoms. The maximum atomic E-state index is 10.6. The Labute approximate surface area is 80.8 Å². The van der Waals surface area contributed by atoms with Gasteiger partial charge in [0.25, 0.3) is 0 Å². The van der Waals surface area contributed by atoms with Gasteiger partial charge in [-0.1, -0.05) is 25.5 Å². The summed E-state index contributed by atoms with van der Waals surface area (Å²) in [5, 5.41) is 0. The first-order valence-corrected chi connectivity index (χ1v) is 4.72. The molecular weight excluding hydrogens is 162 g/mol. The van der Waals surface area contributed by atoms with E-state index < -0.39 is 0 Å². The average molecular weight is 181 g/mol. The number of carbonyl (C=O) groups excluding carboxylic acids is 1. The summed E-state index contributed by atoms with van der Waals surface area (Å²) in [5.41, 5.74) is 2.01. The molecule has 1 atom stereocenters. The molecule has 0 fully saturated rings. The van der Waals surface area contributed by atoms with Crippen LogP contribution in [0, 0.1) is 5.92 Å². The van der Waals surface area contributed by atoms with Gasteiger partial charge < -0.3 is 4.79 Å². The van der Waals surface area contributed by atoms with Crippen LogP contribution in [0.25, 0.3) is 0 Å². The van der Waals surface area contributed by atoms with Gasteiger partial charge in [-0.3, -0.25) is 4.99 Å². The van der Waals surface area contributed by atoms with Gasteiger partial charge in [0.2, 0.25) is 0 Å². The van der Waals surface area contributed by atoms with Crippen LogP contribution in [-0.4, -0.2) is 18.5 Å². The van der Waals surface area contributed by atoms with Gasteiger partial charge in [0.15, 0.2) is 0 Å². The Balaban J connectivity index is 4.03. The fourth-order valence-corrected chi connectivity index (χ4v) is 1.01. The highest BCUT2D eigenvalue weighted by atomic mass is 16.1. The van der Waals surface area contributed by atoms with Crippen LogP contribution < -0.4 is 0 Å². The SMILES string of the molecule is C=C(C)C(C=O)CN=C(C)CCC. The second kappa shape index (κ2) is 6.58. The Kier molecular flexibility index (Phi) is 6.11. The van der Waals surface area contributed by atoms with E-state index in [1.165, 1.54) is 0 Å². The number of carbonyl (C=O) groups is 1. The molecule has 0 aromatic rings. The van der Waals surface area contributed by atoms with Crippen molar-refractivity contribution < 1.29 is 4.79 Å². The molecule has 0 aliphatic heterocycles. The number of aliphatic imine (C=N–C) groups is 1. The standard InChI is InChI=1S/C11H19NO/c1-5-6-10(4)12-7-11(8-13)9(2)3/h8,11H,2,5-7H2,1,3-4H3. The first-order chi connectivity index (χ1) is 6.11. The third-order valence-corrected chi connectivity index (χ3v) is 1.97. The number of rotatable bonds is 6. The first kappa shape index (κ1) is 12.1. The summed E-state index contributed by atoms with van der Waals surface area (Å²) in [6, 6.07) is 0. The van der Waals surface area contributed by atoms with Crippen molar-refractivity contribution in [1.82, 2.24) is 0 Å². The van der Waals surface area contributed by atoms with Crippen LogP contribution in [0.2, 0.25) is 0 Å². The second-order valence-corrected chi connectivity index (χ2v) is 3.41. The van der Waals surface area contributed by atoms with Crippen molar-refractivity contribution in [3.63, 3.8) is 0 Å². The Hall–Kier alpha value is -0.920. The molecule has 0 aromatic heterocycles. The molecule has 0 rings (SSSR count). The zero-order valence-corrected chi connectivity index (χ0v) is 8.84. The van der Waals surface area contributed by atoms with E-state index in [1.54, 1.807) is 0 Å². The number of hydrogen-bond acceptors (Lipinski definition) is 2. The van der Waals surface area contributed by atoms with Gasteiger partial charge in [-0.2, -0.15) is 0 Å². The van der Waals surface area contributed by atoms with Crippen molar-refractivity contribution in [2.75, 3.05) is 6.54 Å². The van der Waals surface area contributed by atoms with Gasteiger partial charge in [0.05, 0.1) is 12.5 Å². The van der Waals surface area contributed by atoms with E-state index in [-0.39, 0.29) is 5.92 Å². The van der Waals surface area contributed by atoms with E-state index in [1.807, 2.05) is 13.8 Å². The Morgan fingerprint density at radius 2 is 2.15 bits per heavy atom. The van der Waals surface area contributed by atoms with Crippen molar-refractivity contribution in [2.24, 2.45) is 10.9 Å². The maximum absolute atomic E-state index is 10.6. The average Bonchev–Trinajstić information content (AvgIpc) is 2.05.